The van der Waals surface area contributed by atoms with Gasteiger partial charge in [0.05, 0.1) is 30.3 Å². The fourth-order valence-electron chi connectivity index (χ4n) is 4.16. The highest BCUT2D eigenvalue weighted by Crippen LogP contribution is 2.59. The van der Waals surface area contributed by atoms with Crippen LogP contribution < -0.4 is 10.2 Å². The van der Waals surface area contributed by atoms with E-state index in [0.717, 1.165) is 0 Å². The zero-order valence-corrected chi connectivity index (χ0v) is 15.7. The Hall–Kier alpha value is -2.16. The van der Waals surface area contributed by atoms with Crippen molar-refractivity contribution in [3.05, 3.63) is 29.6 Å². The molecule has 1 saturated carbocycles. The number of carbonyl (C=O) groups excluding carboxylic acids is 2. The largest absolute Gasteiger partial charge is 0.442 e. The van der Waals surface area contributed by atoms with Crippen LogP contribution in [0.1, 0.15) is 24.8 Å². The number of ether oxygens (including phenoxy) is 1. The summed E-state index contributed by atoms with van der Waals surface area (Å²) in [5.41, 5.74) is 0.909. The summed E-state index contributed by atoms with van der Waals surface area (Å²) < 4.78 is 43.0. The van der Waals surface area contributed by atoms with Crippen molar-refractivity contribution in [2.45, 2.75) is 25.4 Å². The van der Waals surface area contributed by atoms with Gasteiger partial charge in [-0.05, 0) is 35.4 Å². The zero-order chi connectivity index (χ0) is 19.3. The average Bonchev–Trinajstić information content (AvgIpc) is 2.95. The number of anilines is 1. The molecule has 0 spiro atoms. The second kappa shape index (κ2) is 6.47. The maximum Gasteiger partial charge on any atom is 0.414 e. The average molecular weight is 396 g/mol. The molecule has 2 heterocycles. The molecule has 2 saturated heterocycles. The van der Waals surface area contributed by atoms with Gasteiger partial charge in [-0.2, -0.15) is 0 Å². The summed E-state index contributed by atoms with van der Waals surface area (Å²) in [7, 11) is -2.97. The fraction of sp³-hybridized carbons (Fsp3) is 0.556. The Kier molecular flexibility index (Phi) is 4.37. The van der Waals surface area contributed by atoms with Crippen molar-refractivity contribution in [3.63, 3.8) is 0 Å². The Labute approximate surface area is 156 Å². The summed E-state index contributed by atoms with van der Waals surface area (Å²) >= 11 is 0. The molecule has 146 valence electrons. The van der Waals surface area contributed by atoms with E-state index in [9.17, 15) is 22.4 Å². The number of hydrogen-bond donors (Lipinski definition) is 1. The van der Waals surface area contributed by atoms with Gasteiger partial charge in [0.15, 0.2) is 9.84 Å². The Morgan fingerprint density at radius 1 is 1.33 bits per heavy atom. The number of rotatable bonds is 5. The van der Waals surface area contributed by atoms with Crippen molar-refractivity contribution < 1.29 is 27.1 Å². The molecule has 4 atom stereocenters. The van der Waals surface area contributed by atoms with Crippen molar-refractivity contribution >= 4 is 27.5 Å². The van der Waals surface area contributed by atoms with Gasteiger partial charge in [0.25, 0.3) is 0 Å². The normalized spacial score (nSPS) is 30.7. The van der Waals surface area contributed by atoms with E-state index < -0.39 is 27.9 Å². The topological polar surface area (TPSA) is 92.8 Å². The quantitative estimate of drug-likeness (QED) is 0.813. The molecule has 1 unspecified atom stereocenters. The monoisotopic (exact) mass is 396 g/mol. The molecule has 4 rings (SSSR count). The molecule has 2 aliphatic heterocycles. The minimum Gasteiger partial charge on any atom is -0.442 e. The van der Waals surface area contributed by atoms with Crippen molar-refractivity contribution in [1.82, 2.24) is 5.32 Å². The molecule has 2 amide bonds. The van der Waals surface area contributed by atoms with Gasteiger partial charge in [-0.3, -0.25) is 9.69 Å². The molecule has 0 bridgehead atoms. The lowest BCUT2D eigenvalue weighted by molar-refractivity contribution is -0.121. The SMILES string of the molecule is CCC(=O)NC[C@H]1CN(c2ccc(C3[C@H]4CS(=O)(=O)C[C@@H]34)c(F)c2)C(=O)O1. The molecule has 7 nitrogen and oxygen atoms in total. The van der Waals surface area contributed by atoms with Gasteiger partial charge in [-0.15, -0.1) is 0 Å². The van der Waals surface area contributed by atoms with Gasteiger partial charge in [0, 0.05) is 6.42 Å². The standard InChI is InChI=1S/C18H21FN2O5S/c1-2-16(22)20-6-11-7-21(18(23)26-11)10-3-4-12(15(19)5-10)17-13-8-27(24,25)9-14(13)17/h3-5,11,13-14,17H,2,6-9H2,1H3,(H,20,22)/t11-,13-,14+,17?/m0/s1. The molecule has 0 radical (unpaired) electrons. The van der Waals surface area contributed by atoms with Crippen LogP contribution in [0.25, 0.3) is 0 Å². The van der Waals surface area contributed by atoms with Gasteiger partial charge in [-0.1, -0.05) is 13.0 Å². The van der Waals surface area contributed by atoms with Crippen LogP contribution in [0.2, 0.25) is 0 Å². The number of sulfone groups is 1. The van der Waals surface area contributed by atoms with Crippen LogP contribution in [-0.4, -0.2) is 51.1 Å². The highest BCUT2D eigenvalue weighted by Gasteiger charge is 2.59. The summed E-state index contributed by atoms with van der Waals surface area (Å²) in [4.78, 5) is 24.7. The lowest BCUT2D eigenvalue weighted by Gasteiger charge is -2.15. The molecule has 3 fully saturated rings. The lowest BCUT2D eigenvalue weighted by Crippen LogP contribution is -2.34. The predicted octanol–water partition coefficient (Wildman–Crippen LogP) is 1.44. The highest BCUT2D eigenvalue weighted by atomic mass is 32.2. The summed E-state index contributed by atoms with van der Waals surface area (Å²) in [5.74, 6) is -0.320. The van der Waals surface area contributed by atoms with Gasteiger partial charge in [0.2, 0.25) is 5.91 Å². The first-order valence-electron chi connectivity index (χ1n) is 9.04. The Morgan fingerprint density at radius 2 is 2.04 bits per heavy atom. The number of amides is 2. The van der Waals surface area contributed by atoms with Crippen molar-refractivity contribution in [3.8, 4) is 0 Å². The summed E-state index contributed by atoms with van der Waals surface area (Å²) in [5, 5.41) is 2.67. The fourth-order valence-corrected chi connectivity index (χ4v) is 6.38. The van der Waals surface area contributed by atoms with E-state index in [2.05, 4.69) is 5.32 Å². The maximum absolute atomic E-state index is 14.6. The minimum absolute atomic E-state index is 0.0126. The molecule has 3 aliphatic rings. The highest BCUT2D eigenvalue weighted by molar-refractivity contribution is 7.91. The van der Waals surface area contributed by atoms with E-state index in [1.807, 2.05) is 0 Å². The van der Waals surface area contributed by atoms with E-state index in [1.165, 1.54) is 11.0 Å². The summed E-state index contributed by atoms with van der Waals surface area (Å²) in [6.07, 6.45) is -0.711. The lowest BCUT2D eigenvalue weighted by atomic mass is 10.1. The van der Waals surface area contributed by atoms with Crippen LogP contribution in [0.15, 0.2) is 18.2 Å². The number of nitrogens with one attached hydrogen (secondary N) is 1. The molecule has 1 aromatic carbocycles. The molecule has 1 N–H and O–H groups in total. The van der Waals surface area contributed by atoms with Crippen molar-refractivity contribution in [2.75, 3.05) is 29.5 Å². The van der Waals surface area contributed by atoms with Gasteiger partial charge in [0.1, 0.15) is 11.9 Å². The van der Waals surface area contributed by atoms with Gasteiger partial charge < -0.3 is 10.1 Å². The third-order valence-corrected chi connectivity index (χ3v) is 7.39. The third kappa shape index (κ3) is 3.40. The molecule has 0 aromatic heterocycles. The second-order valence-electron chi connectivity index (χ2n) is 7.41. The Balaban J connectivity index is 1.43. The smallest absolute Gasteiger partial charge is 0.414 e. The van der Waals surface area contributed by atoms with E-state index in [4.69, 9.17) is 4.74 Å². The number of carbonyl (C=O) groups is 2. The van der Waals surface area contributed by atoms with Crippen LogP contribution in [0.3, 0.4) is 0 Å². The predicted molar refractivity (Wildman–Crippen MR) is 95.7 cm³/mol. The second-order valence-corrected chi connectivity index (χ2v) is 9.56. The van der Waals surface area contributed by atoms with E-state index in [0.29, 0.717) is 17.7 Å². The molecular formula is C18H21FN2O5S. The van der Waals surface area contributed by atoms with Crippen LogP contribution in [0.4, 0.5) is 14.9 Å². The van der Waals surface area contributed by atoms with E-state index in [-0.39, 0.29) is 48.3 Å². The molecule has 9 heteroatoms. The summed E-state index contributed by atoms with van der Waals surface area (Å²) in [6, 6.07) is 4.60. The van der Waals surface area contributed by atoms with Gasteiger partial charge >= 0.3 is 6.09 Å². The number of hydrogen-bond acceptors (Lipinski definition) is 5. The first-order valence-corrected chi connectivity index (χ1v) is 10.9. The van der Waals surface area contributed by atoms with Crippen LogP contribution >= 0.6 is 0 Å². The molecule has 1 aliphatic carbocycles. The van der Waals surface area contributed by atoms with Crippen LogP contribution in [0.5, 0.6) is 0 Å². The maximum atomic E-state index is 14.6. The molecular weight excluding hydrogens is 375 g/mol. The third-order valence-electron chi connectivity index (χ3n) is 5.60. The number of benzene rings is 1. The molecule has 27 heavy (non-hydrogen) atoms. The van der Waals surface area contributed by atoms with Crippen molar-refractivity contribution in [1.29, 1.82) is 0 Å². The molecule has 1 aromatic rings. The number of fused-ring (bicyclic) bond motifs is 1. The van der Waals surface area contributed by atoms with Crippen LogP contribution in [0, 0.1) is 17.7 Å². The zero-order valence-electron chi connectivity index (χ0n) is 14.9. The first kappa shape index (κ1) is 18.2. The number of halogens is 1. The first-order chi connectivity index (χ1) is 12.8. The minimum atomic E-state index is -2.97. The Morgan fingerprint density at radius 3 is 2.67 bits per heavy atom. The van der Waals surface area contributed by atoms with E-state index >= 15 is 0 Å². The number of cyclic esters (lactones) is 1. The van der Waals surface area contributed by atoms with E-state index in [1.54, 1.807) is 19.1 Å². The Bertz CT molecular complexity index is 885. The van der Waals surface area contributed by atoms with Gasteiger partial charge in [-0.25, -0.2) is 17.6 Å². The number of nitrogens with zero attached hydrogens (tertiary/aromatic N) is 1. The van der Waals surface area contributed by atoms with Crippen molar-refractivity contribution in [2.24, 2.45) is 11.8 Å². The summed E-state index contributed by atoms with van der Waals surface area (Å²) in [6.45, 7) is 2.18. The van der Waals surface area contributed by atoms with Crippen LogP contribution in [-0.2, 0) is 19.4 Å².